The van der Waals surface area contributed by atoms with E-state index in [-0.39, 0.29) is 5.02 Å². The van der Waals surface area contributed by atoms with Gasteiger partial charge in [0.15, 0.2) is 0 Å². The van der Waals surface area contributed by atoms with Gasteiger partial charge in [0.05, 0.1) is 23.3 Å². The molecule has 82 valence electrons. The number of pyridine rings is 1. The molecule has 3 nitrogen and oxygen atoms in total. The summed E-state index contributed by atoms with van der Waals surface area (Å²) in [5, 5.41) is -0.376. The summed E-state index contributed by atoms with van der Waals surface area (Å²) in [6.07, 6.45) is -2.42. The van der Waals surface area contributed by atoms with Crippen molar-refractivity contribution in [3.8, 4) is 0 Å². The van der Waals surface area contributed by atoms with Crippen molar-refractivity contribution in [1.82, 2.24) is 4.98 Å². The Morgan fingerprint density at radius 3 is 2.67 bits per heavy atom. The number of halogens is 4. The van der Waals surface area contributed by atoms with Gasteiger partial charge in [-0.25, -0.2) is 18.6 Å². The molecule has 1 aromatic rings. The van der Waals surface area contributed by atoms with Crippen LogP contribution >= 0.6 is 11.6 Å². The minimum atomic E-state index is -3.19. The maximum Gasteiger partial charge on any atom is 0.340 e. The summed E-state index contributed by atoms with van der Waals surface area (Å²) < 4.78 is 42.0. The predicted molar refractivity (Wildman–Crippen MR) is 45.5 cm³/mol. The molecule has 0 saturated carbocycles. The summed E-state index contributed by atoms with van der Waals surface area (Å²) in [6, 6.07) is 0. The summed E-state index contributed by atoms with van der Waals surface area (Å²) in [7, 11) is 0.978. The van der Waals surface area contributed by atoms with E-state index in [2.05, 4.69) is 9.72 Å². The number of rotatable bonds is 2. The largest absolute Gasteiger partial charge is 0.465 e. The molecular formula is C8H5ClF3NO2. The Morgan fingerprint density at radius 2 is 2.20 bits per heavy atom. The quantitative estimate of drug-likeness (QED) is 0.588. The molecule has 0 spiro atoms. The van der Waals surface area contributed by atoms with Gasteiger partial charge in [0, 0.05) is 6.20 Å². The van der Waals surface area contributed by atoms with Crippen LogP contribution in [0, 0.1) is 5.95 Å². The minimum absolute atomic E-state index is 0.376. The number of methoxy groups -OCH3 is 1. The molecule has 1 heterocycles. The van der Waals surface area contributed by atoms with Crippen LogP contribution in [0.2, 0.25) is 5.02 Å². The number of ether oxygens (including phenoxy) is 1. The van der Waals surface area contributed by atoms with Gasteiger partial charge in [-0.1, -0.05) is 11.6 Å². The molecular weight excluding hydrogens is 235 g/mol. The van der Waals surface area contributed by atoms with Crippen molar-refractivity contribution in [2.75, 3.05) is 7.11 Å². The van der Waals surface area contributed by atoms with Crippen LogP contribution in [0.25, 0.3) is 0 Å². The molecule has 0 atom stereocenters. The maximum absolute atomic E-state index is 12.9. The molecule has 0 radical (unpaired) electrons. The SMILES string of the molecule is COC(=O)c1c(Cl)cnc(F)c1C(F)F. The molecule has 0 unspecified atom stereocenters. The average molecular weight is 240 g/mol. The highest BCUT2D eigenvalue weighted by molar-refractivity contribution is 6.33. The van der Waals surface area contributed by atoms with Crippen LogP contribution in [-0.4, -0.2) is 18.1 Å². The van der Waals surface area contributed by atoms with Gasteiger partial charge in [-0.05, 0) is 0 Å². The van der Waals surface area contributed by atoms with E-state index >= 15 is 0 Å². The van der Waals surface area contributed by atoms with Crippen LogP contribution in [0.5, 0.6) is 0 Å². The lowest BCUT2D eigenvalue weighted by Crippen LogP contribution is -2.10. The van der Waals surface area contributed by atoms with E-state index in [0.29, 0.717) is 0 Å². The van der Waals surface area contributed by atoms with Crippen LogP contribution in [0.1, 0.15) is 22.3 Å². The molecule has 0 amide bonds. The summed E-state index contributed by atoms with van der Waals surface area (Å²) >= 11 is 5.46. The Balaban J connectivity index is 3.45. The van der Waals surface area contributed by atoms with E-state index in [1.807, 2.05) is 0 Å². The number of carbonyl (C=O) groups is 1. The fraction of sp³-hybridized carbons (Fsp3) is 0.250. The van der Waals surface area contributed by atoms with Gasteiger partial charge in [-0.2, -0.15) is 4.39 Å². The minimum Gasteiger partial charge on any atom is -0.465 e. The standard InChI is InChI=1S/C8H5ClF3NO2/c1-15-8(14)4-3(9)2-13-7(12)5(4)6(10)11/h2,6H,1H3. The number of hydrogen-bond acceptors (Lipinski definition) is 3. The molecule has 1 aromatic heterocycles. The topological polar surface area (TPSA) is 39.2 Å². The summed E-state index contributed by atoms with van der Waals surface area (Å²) in [6.45, 7) is 0. The second kappa shape index (κ2) is 4.48. The van der Waals surface area contributed by atoms with Gasteiger partial charge >= 0.3 is 5.97 Å². The zero-order chi connectivity index (χ0) is 11.6. The summed E-state index contributed by atoms with van der Waals surface area (Å²) in [5.74, 6) is -2.56. The highest BCUT2D eigenvalue weighted by Crippen LogP contribution is 2.29. The number of nitrogens with zero attached hydrogens (tertiary/aromatic N) is 1. The van der Waals surface area contributed by atoms with Gasteiger partial charge in [-0.3, -0.25) is 0 Å². The van der Waals surface area contributed by atoms with Crippen molar-refractivity contribution in [2.45, 2.75) is 6.43 Å². The van der Waals surface area contributed by atoms with Crippen molar-refractivity contribution >= 4 is 17.6 Å². The highest BCUT2D eigenvalue weighted by atomic mass is 35.5. The number of aromatic nitrogens is 1. The average Bonchev–Trinajstić information content (AvgIpc) is 2.19. The zero-order valence-corrected chi connectivity index (χ0v) is 8.19. The molecule has 0 aliphatic rings. The lowest BCUT2D eigenvalue weighted by atomic mass is 10.1. The number of carbonyl (C=O) groups excluding carboxylic acids is 1. The highest BCUT2D eigenvalue weighted by Gasteiger charge is 2.27. The van der Waals surface area contributed by atoms with E-state index in [9.17, 15) is 18.0 Å². The summed E-state index contributed by atoms with van der Waals surface area (Å²) in [5.41, 5.74) is -1.84. The maximum atomic E-state index is 12.9. The normalized spacial score (nSPS) is 10.5. The van der Waals surface area contributed by atoms with Crippen molar-refractivity contribution in [2.24, 2.45) is 0 Å². The monoisotopic (exact) mass is 239 g/mol. The molecule has 0 aromatic carbocycles. The molecule has 0 aliphatic carbocycles. The Bertz CT molecular complexity index is 398. The zero-order valence-electron chi connectivity index (χ0n) is 7.43. The van der Waals surface area contributed by atoms with Crippen LogP contribution in [0.4, 0.5) is 13.2 Å². The Kier molecular flexibility index (Phi) is 3.52. The van der Waals surface area contributed by atoms with Crippen LogP contribution in [0.15, 0.2) is 6.20 Å². The molecule has 0 saturated heterocycles. The Labute approximate surface area is 87.8 Å². The van der Waals surface area contributed by atoms with Crippen LogP contribution < -0.4 is 0 Å². The second-order valence-electron chi connectivity index (χ2n) is 2.48. The van der Waals surface area contributed by atoms with Crippen molar-refractivity contribution in [3.05, 3.63) is 28.3 Å². The molecule has 15 heavy (non-hydrogen) atoms. The Morgan fingerprint density at radius 1 is 1.60 bits per heavy atom. The number of esters is 1. The van der Waals surface area contributed by atoms with E-state index in [0.717, 1.165) is 13.3 Å². The van der Waals surface area contributed by atoms with Gasteiger partial charge < -0.3 is 4.74 Å². The third kappa shape index (κ3) is 2.20. The van der Waals surface area contributed by atoms with Gasteiger partial charge in [-0.15, -0.1) is 0 Å². The molecule has 7 heteroatoms. The third-order valence-corrected chi connectivity index (χ3v) is 1.92. The first kappa shape index (κ1) is 11.8. The van der Waals surface area contributed by atoms with Crippen molar-refractivity contribution in [1.29, 1.82) is 0 Å². The number of alkyl halides is 2. The summed E-state index contributed by atoms with van der Waals surface area (Å²) in [4.78, 5) is 14.1. The van der Waals surface area contributed by atoms with E-state index in [1.165, 1.54) is 0 Å². The molecule has 0 fully saturated rings. The van der Waals surface area contributed by atoms with Gasteiger partial charge in [0.2, 0.25) is 5.95 Å². The molecule has 0 N–H and O–H groups in total. The molecule has 1 rings (SSSR count). The van der Waals surface area contributed by atoms with Gasteiger partial charge in [0.1, 0.15) is 0 Å². The fourth-order valence-corrected chi connectivity index (χ4v) is 1.22. The van der Waals surface area contributed by atoms with Crippen LogP contribution in [0.3, 0.4) is 0 Å². The first-order chi connectivity index (χ1) is 6.99. The fourth-order valence-electron chi connectivity index (χ4n) is 0.988. The van der Waals surface area contributed by atoms with Crippen molar-refractivity contribution < 1.29 is 22.7 Å². The smallest absolute Gasteiger partial charge is 0.340 e. The third-order valence-electron chi connectivity index (χ3n) is 1.63. The van der Waals surface area contributed by atoms with Crippen LogP contribution in [-0.2, 0) is 4.74 Å². The Hall–Kier alpha value is -1.30. The second-order valence-corrected chi connectivity index (χ2v) is 2.89. The van der Waals surface area contributed by atoms with E-state index in [1.54, 1.807) is 0 Å². The van der Waals surface area contributed by atoms with E-state index in [4.69, 9.17) is 11.6 Å². The van der Waals surface area contributed by atoms with Gasteiger partial charge in [0.25, 0.3) is 6.43 Å². The number of hydrogen-bond donors (Lipinski definition) is 0. The first-order valence-corrected chi connectivity index (χ1v) is 4.07. The molecule has 0 aliphatic heterocycles. The van der Waals surface area contributed by atoms with Crippen molar-refractivity contribution in [3.63, 3.8) is 0 Å². The van der Waals surface area contributed by atoms with E-state index < -0.39 is 29.5 Å². The lowest BCUT2D eigenvalue weighted by Gasteiger charge is -2.08. The predicted octanol–water partition coefficient (Wildman–Crippen LogP) is 2.60. The molecule has 0 bridgehead atoms. The lowest BCUT2D eigenvalue weighted by molar-refractivity contribution is 0.0586. The first-order valence-electron chi connectivity index (χ1n) is 3.69.